The van der Waals surface area contributed by atoms with E-state index < -0.39 is 6.10 Å². The molecule has 5 heteroatoms. The summed E-state index contributed by atoms with van der Waals surface area (Å²) in [5.41, 5.74) is 2.27. The molecular weight excluding hydrogens is 352 g/mol. The fourth-order valence-corrected chi connectivity index (χ4v) is 3.50. The third-order valence-electron chi connectivity index (χ3n) is 5.23. The third kappa shape index (κ3) is 5.40. The lowest BCUT2D eigenvalue weighted by Gasteiger charge is -2.37. The van der Waals surface area contributed by atoms with Crippen LogP contribution in [0.25, 0.3) is 0 Å². The summed E-state index contributed by atoms with van der Waals surface area (Å²) in [6, 6.07) is 15.5. The van der Waals surface area contributed by atoms with Crippen LogP contribution in [0.5, 0.6) is 11.5 Å². The largest absolute Gasteiger partial charge is 0.506 e. The lowest BCUT2D eigenvalue weighted by Crippen LogP contribution is -2.49. The molecule has 1 unspecified atom stereocenters. The number of benzene rings is 2. The number of β-amino-alcohol motifs (C(OH)–C–C–N with tert-alkyl or cyclic N) is 1. The second-order valence-electron chi connectivity index (χ2n) is 8.52. The number of rotatable bonds is 6. The molecule has 0 radical (unpaired) electrons. The van der Waals surface area contributed by atoms with Crippen LogP contribution < -0.4 is 9.64 Å². The summed E-state index contributed by atoms with van der Waals surface area (Å²) >= 11 is 0. The zero-order chi connectivity index (χ0) is 20.1. The van der Waals surface area contributed by atoms with Crippen LogP contribution in [0, 0.1) is 0 Å². The monoisotopic (exact) mass is 384 g/mol. The predicted molar refractivity (Wildman–Crippen MR) is 113 cm³/mol. The zero-order valence-corrected chi connectivity index (χ0v) is 17.1. The molecule has 1 heterocycles. The number of phenolic OH excluding ortho intramolecular Hbond substituents is 1. The van der Waals surface area contributed by atoms with Gasteiger partial charge in [-0.1, -0.05) is 45.0 Å². The van der Waals surface area contributed by atoms with Crippen molar-refractivity contribution in [3.05, 3.63) is 54.1 Å². The number of aromatic hydroxyl groups is 1. The maximum atomic E-state index is 10.4. The van der Waals surface area contributed by atoms with Crippen LogP contribution in [0.3, 0.4) is 0 Å². The van der Waals surface area contributed by atoms with E-state index in [1.165, 1.54) is 5.56 Å². The van der Waals surface area contributed by atoms with Crippen molar-refractivity contribution < 1.29 is 14.9 Å². The maximum Gasteiger partial charge on any atom is 0.138 e. The van der Waals surface area contributed by atoms with Gasteiger partial charge in [0.05, 0.1) is 5.69 Å². The van der Waals surface area contributed by atoms with Crippen molar-refractivity contribution >= 4 is 5.69 Å². The molecule has 0 amide bonds. The SMILES string of the molecule is CC(C)(C)c1ccc(OCC(O)CN2CCN(c3ccccc3O)CC2)cc1. The van der Waals surface area contributed by atoms with Crippen molar-refractivity contribution in [2.75, 3.05) is 44.2 Å². The van der Waals surface area contributed by atoms with Crippen molar-refractivity contribution in [3.63, 3.8) is 0 Å². The minimum absolute atomic E-state index is 0.122. The van der Waals surface area contributed by atoms with Gasteiger partial charge in [-0.25, -0.2) is 0 Å². The summed E-state index contributed by atoms with van der Waals surface area (Å²) in [6.45, 7) is 10.8. The number of nitrogens with zero attached hydrogens (tertiary/aromatic N) is 2. The molecule has 0 aliphatic carbocycles. The van der Waals surface area contributed by atoms with Gasteiger partial charge in [0.15, 0.2) is 0 Å². The Morgan fingerprint density at radius 1 is 0.964 bits per heavy atom. The van der Waals surface area contributed by atoms with Gasteiger partial charge in [0.25, 0.3) is 0 Å². The number of aliphatic hydroxyl groups excluding tert-OH is 1. The Morgan fingerprint density at radius 3 is 2.21 bits per heavy atom. The van der Waals surface area contributed by atoms with Gasteiger partial charge >= 0.3 is 0 Å². The van der Waals surface area contributed by atoms with Crippen LogP contribution in [-0.2, 0) is 5.41 Å². The topological polar surface area (TPSA) is 56.2 Å². The van der Waals surface area contributed by atoms with Crippen LogP contribution in [0.15, 0.2) is 48.5 Å². The number of hydrogen-bond donors (Lipinski definition) is 2. The molecule has 1 saturated heterocycles. The number of para-hydroxylation sites is 2. The van der Waals surface area contributed by atoms with Crippen molar-refractivity contribution in [3.8, 4) is 11.5 Å². The molecule has 28 heavy (non-hydrogen) atoms. The van der Waals surface area contributed by atoms with Gasteiger partial charge in [0.2, 0.25) is 0 Å². The summed E-state index contributed by atoms with van der Waals surface area (Å²) in [6.07, 6.45) is -0.529. The molecular formula is C23H32N2O3. The quantitative estimate of drug-likeness (QED) is 0.801. The first kappa shape index (κ1) is 20.5. The molecule has 2 aromatic rings. The number of hydrogen-bond acceptors (Lipinski definition) is 5. The number of anilines is 1. The van der Waals surface area contributed by atoms with Crippen molar-refractivity contribution in [2.24, 2.45) is 0 Å². The van der Waals surface area contributed by atoms with Crippen LogP contribution in [-0.4, -0.2) is 60.5 Å². The summed E-state index contributed by atoms with van der Waals surface area (Å²) in [7, 11) is 0. The van der Waals surface area contributed by atoms with Crippen molar-refractivity contribution in [1.29, 1.82) is 0 Å². The van der Waals surface area contributed by atoms with Crippen LogP contribution in [0.4, 0.5) is 5.69 Å². The van der Waals surface area contributed by atoms with E-state index in [4.69, 9.17) is 4.74 Å². The minimum Gasteiger partial charge on any atom is -0.506 e. The summed E-state index contributed by atoms with van der Waals surface area (Å²) in [4.78, 5) is 4.43. The molecule has 1 atom stereocenters. The molecule has 152 valence electrons. The van der Waals surface area contributed by atoms with Gasteiger partial charge in [-0.05, 0) is 35.2 Å². The first-order chi connectivity index (χ1) is 13.3. The molecule has 2 aromatic carbocycles. The maximum absolute atomic E-state index is 10.4. The molecule has 2 N–H and O–H groups in total. The van der Waals surface area contributed by atoms with Crippen molar-refractivity contribution in [2.45, 2.75) is 32.3 Å². The first-order valence-corrected chi connectivity index (χ1v) is 9.99. The molecule has 0 aromatic heterocycles. The van der Waals surface area contributed by atoms with Crippen molar-refractivity contribution in [1.82, 2.24) is 4.90 Å². The fraction of sp³-hybridized carbons (Fsp3) is 0.478. The Hall–Kier alpha value is -2.24. The molecule has 3 rings (SSSR count). The third-order valence-corrected chi connectivity index (χ3v) is 5.23. The van der Waals surface area contributed by atoms with Crippen LogP contribution in [0.2, 0.25) is 0 Å². The highest BCUT2D eigenvalue weighted by Gasteiger charge is 2.21. The Labute approximate surface area is 168 Å². The Morgan fingerprint density at radius 2 is 1.61 bits per heavy atom. The highest BCUT2D eigenvalue weighted by molar-refractivity contribution is 5.57. The highest BCUT2D eigenvalue weighted by atomic mass is 16.5. The molecule has 0 bridgehead atoms. The number of ether oxygens (including phenoxy) is 1. The lowest BCUT2D eigenvalue weighted by molar-refractivity contribution is 0.0662. The highest BCUT2D eigenvalue weighted by Crippen LogP contribution is 2.27. The summed E-state index contributed by atoms with van der Waals surface area (Å²) in [5, 5.41) is 20.4. The summed E-state index contributed by atoms with van der Waals surface area (Å²) in [5.74, 6) is 1.11. The summed E-state index contributed by atoms with van der Waals surface area (Å²) < 4.78 is 5.76. The van der Waals surface area contributed by atoms with E-state index in [-0.39, 0.29) is 12.0 Å². The normalized spacial score (nSPS) is 16.8. The molecule has 1 fully saturated rings. The number of aliphatic hydroxyl groups is 1. The molecule has 1 aliphatic rings. The van der Waals surface area contributed by atoms with Gasteiger partial charge in [-0.3, -0.25) is 4.90 Å². The average Bonchev–Trinajstić information content (AvgIpc) is 2.67. The fourth-order valence-electron chi connectivity index (χ4n) is 3.50. The smallest absolute Gasteiger partial charge is 0.138 e. The molecule has 0 saturated carbocycles. The lowest BCUT2D eigenvalue weighted by atomic mass is 9.87. The molecule has 0 spiro atoms. The second kappa shape index (κ2) is 8.84. The Bertz CT molecular complexity index is 747. The van der Waals surface area contributed by atoms with Crippen LogP contribution in [0.1, 0.15) is 26.3 Å². The van der Waals surface area contributed by atoms with Gasteiger partial charge < -0.3 is 19.8 Å². The Kier molecular flexibility index (Phi) is 6.47. The zero-order valence-electron chi connectivity index (χ0n) is 17.1. The van der Waals surface area contributed by atoms with Gasteiger partial charge in [-0.2, -0.15) is 0 Å². The minimum atomic E-state index is -0.529. The van der Waals surface area contributed by atoms with E-state index in [1.807, 2.05) is 30.3 Å². The van der Waals surface area contributed by atoms with E-state index in [9.17, 15) is 10.2 Å². The second-order valence-corrected chi connectivity index (χ2v) is 8.52. The number of phenols is 1. The predicted octanol–water partition coefficient (Wildman–Crippen LogP) is 3.25. The van der Waals surface area contributed by atoms with E-state index >= 15 is 0 Å². The Balaban J connectivity index is 1.42. The number of piperazine rings is 1. The van der Waals surface area contributed by atoms with E-state index in [1.54, 1.807) is 6.07 Å². The molecule has 1 aliphatic heterocycles. The van der Waals surface area contributed by atoms with Gasteiger partial charge in [0.1, 0.15) is 24.2 Å². The molecule has 5 nitrogen and oxygen atoms in total. The van der Waals surface area contributed by atoms with E-state index in [0.29, 0.717) is 12.3 Å². The van der Waals surface area contributed by atoms with Gasteiger partial charge in [0, 0.05) is 32.7 Å². The van der Waals surface area contributed by atoms with E-state index in [0.717, 1.165) is 37.6 Å². The standard InChI is InChI=1S/C23H32N2O3/c1-23(2,3)18-8-10-20(11-9-18)28-17-19(26)16-24-12-14-25(15-13-24)21-6-4-5-7-22(21)27/h4-11,19,26-27H,12-17H2,1-3H3. The van der Waals surface area contributed by atoms with Gasteiger partial charge in [-0.15, -0.1) is 0 Å². The first-order valence-electron chi connectivity index (χ1n) is 9.99. The van der Waals surface area contributed by atoms with Crippen LogP contribution >= 0.6 is 0 Å². The average molecular weight is 385 g/mol. The van der Waals surface area contributed by atoms with E-state index in [2.05, 4.69) is 42.7 Å².